The van der Waals surface area contributed by atoms with Gasteiger partial charge in [-0.1, -0.05) is 30.0 Å². The lowest BCUT2D eigenvalue weighted by Gasteiger charge is -2.29. The van der Waals surface area contributed by atoms with Gasteiger partial charge < -0.3 is 4.90 Å². The zero-order chi connectivity index (χ0) is 19.6. The van der Waals surface area contributed by atoms with Gasteiger partial charge in [-0.25, -0.2) is 0 Å². The van der Waals surface area contributed by atoms with Crippen molar-refractivity contribution in [2.24, 2.45) is 0 Å². The van der Waals surface area contributed by atoms with Crippen LogP contribution in [0.25, 0.3) is 16.9 Å². The first-order valence-corrected chi connectivity index (χ1v) is 10.4. The van der Waals surface area contributed by atoms with Gasteiger partial charge in [0.15, 0.2) is 5.65 Å². The van der Waals surface area contributed by atoms with Crippen molar-refractivity contribution in [3.63, 3.8) is 0 Å². The highest BCUT2D eigenvalue weighted by atomic mass is 32.2. The summed E-state index contributed by atoms with van der Waals surface area (Å²) in [6, 6.07) is 15.7. The molecule has 0 fully saturated rings. The van der Waals surface area contributed by atoms with Crippen LogP contribution >= 0.6 is 11.8 Å². The summed E-state index contributed by atoms with van der Waals surface area (Å²) < 4.78 is 1.69. The van der Waals surface area contributed by atoms with Crippen LogP contribution in [0.3, 0.4) is 0 Å². The van der Waals surface area contributed by atoms with Crippen LogP contribution in [0.4, 0.5) is 5.69 Å². The zero-order valence-corrected chi connectivity index (χ0v) is 16.4. The fourth-order valence-electron chi connectivity index (χ4n) is 3.53. The summed E-state index contributed by atoms with van der Waals surface area (Å²) in [4.78, 5) is 18.8. The number of anilines is 1. The van der Waals surface area contributed by atoms with E-state index >= 15 is 0 Å². The number of thioether (sulfide) groups is 1. The number of amides is 1. The summed E-state index contributed by atoms with van der Waals surface area (Å²) in [5.74, 6) is 0.361. The minimum Gasteiger partial charge on any atom is -0.311 e. The minimum atomic E-state index is 0.0733. The highest BCUT2D eigenvalue weighted by molar-refractivity contribution is 7.99. The van der Waals surface area contributed by atoms with Gasteiger partial charge in [-0.05, 0) is 48.7 Å². The van der Waals surface area contributed by atoms with Crippen molar-refractivity contribution in [1.82, 2.24) is 24.8 Å². The van der Waals surface area contributed by atoms with Crippen LogP contribution in [-0.4, -0.2) is 43.0 Å². The van der Waals surface area contributed by atoms with E-state index in [1.165, 1.54) is 17.3 Å². The maximum absolute atomic E-state index is 12.9. The number of fused-ring (bicyclic) bond motifs is 2. The SMILES string of the molecule is O=C(CSc1nnc2ccc(-c3ccncc3)nn12)N1CCCc2ccccc21. The number of aromatic nitrogens is 5. The number of rotatable bonds is 4. The van der Waals surface area contributed by atoms with Crippen molar-refractivity contribution in [2.45, 2.75) is 18.0 Å². The van der Waals surface area contributed by atoms with E-state index in [-0.39, 0.29) is 11.7 Å². The Balaban J connectivity index is 1.37. The van der Waals surface area contributed by atoms with Crippen molar-refractivity contribution in [3.8, 4) is 11.3 Å². The number of carbonyl (C=O) groups excluding carboxylic acids is 1. The fourth-order valence-corrected chi connectivity index (χ4v) is 4.30. The van der Waals surface area contributed by atoms with E-state index in [0.29, 0.717) is 10.8 Å². The number of carbonyl (C=O) groups is 1. The Bertz CT molecular complexity index is 1180. The molecule has 4 aromatic rings. The molecule has 1 aliphatic rings. The fraction of sp³-hybridized carbons (Fsp3) is 0.190. The molecule has 5 rings (SSSR count). The van der Waals surface area contributed by atoms with Gasteiger partial charge in [-0.2, -0.15) is 9.61 Å². The number of nitrogens with zero attached hydrogens (tertiary/aromatic N) is 6. The molecule has 1 amide bonds. The van der Waals surface area contributed by atoms with Crippen molar-refractivity contribution in [3.05, 3.63) is 66.5 Å². The van der Waals surface area contributed by atoms with Gasteiger partial charge in [0.1, 0.15) is 0 Å². The van der Waals surface area contributed by atoms with Gasteiger partial charge in [-0.15, -0.1) is 10.2 Å². The van der Waals surface area contributed by atoms with E-state index in [9.17, 15) is 4.79 Å². The molecule has 8 heteroatoms. The summed E-state index contributed by atoms with van der Waals surface area (Å²) in [5.41, 5.74) is 4.67. The normalized spacial score (nSPS) is 13.4. The average Bonchev–Trinajstić information content (AvgIpc) is 3.20. The van der Waals surface area contributed by atoms with Crippen LogP contribution in [0.2, 0.25) is 0 Å². The number of hydrogen-bond acceptors (Lipinski definition) is 6. The van der Waals surface area contributed by atoms with Gasteiger partial charge in [0.25, 0.3) is 0 Å². The Hall–Kier alpha value is -3.26. The first-order valence-electron chi connectivity index (χ1n) is 9.43. The Kier molecular flexibility index (Phi) is 4.69. The quantitative estimate of drug-likeness (QED) is 0.488. The van der Waals surface area contributed by atoms with E-state index in [0.717, 1.165) is 36.3 Å². The summed E-state index contributed by atoms with van der Waals surface area (Å²) in [6.07, 6.45) is 5.47. The molecule has 0 spiro atoms. The molecular weight excluding hydrogens is 384 g/mol. The smallest absolute Gasteiger partial charge is 0.237 e. The van der Waals surface area contributed by atoms with E-state index in [2.05, 4.69) is 26.3 Å². The predicted molar refractivity (Wildman–Crippen MR) is 112 cm³/mol. The Labute approximate surface area is 171 Å². The number of benzene rings is 1. The number of aryl methyl sites for hydroxylation is 1. The average molecular weight is 402 g/mol. The summed E-state index contributed by atoms with van der Waals surface area (Å²) in [7, 11) is 0. The van der Waals surface area contributed by atoms with Gasteiger partial charge >= 0.3 is 0 Å². The third-order valence-electron chi connectivity index (χ3n) is 4.95. The van der Waals surface area contributed by atoms with E-state index in [1.807, 2.05) is 47.4 Å². The molecule has 0 saturated heterocycles. The monoisotopic (exact) mass is 402 g/mol. The largest absolute Gasteiger partial charge is 0.311 e. The molecule has 0 N–H and O–H groups in total. The molecule has 4 heterocycles. The van der Waals surface area contributed by atoms with Crippen molar-refractivity contribution < 1.29 is 4.79 Å². The topological polar surface area (TPSA) is 76.3 Å². The van der Waals surface area contributed by atoms with Crippen LogP contribution in [0.15, 0.2) is 66.1 Å². The lowest BCUT2D eigenvalue weighted by Crippen LogP contribution is -2.36. The minimum absolute atomic E-state index is 0.0733. The van der Waals surface area contributed by atoms with Crippen molar-refractivity contribution >= 4 is 29.0 Å². The standard InChI is InChI=1S/C21H18N6OS/c28-20(26-13-3-5-16-4-1-2-6-18(16)26)14-29-21-24-23-19-8-7-17(25-27(19)21)15-9-11-22-12-10-15/h1-2,4,6-12H,3,5,13-14H2. The molecule has 144 valence electrons. The van der Waals surface area contributed by atoms with Gasteiger partial charge in [0, 0.05) is 30.2 Å². The first-order chi connectivity index (χ1) is 14.3. The number of pyridine rings is 1. The molecule has 0 atom stereocenters. The lowest BCUT2D eigenvalue weighted by molar-refractivity contribution is -0.116. The summed E-state index contributed by atoms with van der Waals surface area (Å²) >= 11 is 1.36. The van der Waals surface area contributed by atoms with Crippen LogP contribution in [-0.2, 0) is 11.2 Å². The van der Waals surface area contributed by atoms with Crippen molar-refractivity contribution in [2.75, 3.05) is 17.2 Å². The predicted octanol–water partition coefficient (Wildman–Crippen LogP) is 3.26. The molecule has 1 aliphatic heterocycles. The molecule has 0 aliphatic carbocycles. The Morgan fingerprint density at radius 2 is 1.90 bits per heavy atom. The highest BCUT2D eigenvalue weighted by Crippen LogP contribution is 2.28. The Morgan fingerprint density at radius 3 is 2.79 bits per heavy atom. The molecule has 0 radical (unpaired) electrons. The second-order valence-electron chi connectivity index (χ2n) is 6.77. The van der Waals surface area contributed by atoms with E-state index in [1.54, 1.807) is 16.9 Å². The molecule has 3 aromatic heterocycles. The van der Waals surface area contributed by atoms with Crippen LogP contribution < -0.4 is 4.90 Å². The zero-order valence-electron chi connectivity index (χ0n) is 15.6. The van der Waals surface area contributed by atoms with E-state index < -0.39 is 0 Å². The molecule has 0 saturated carbocycles. The maximum Gasteiger partial charge on any atom is 0.237 e. The summed E-state index contributed by atoms with van der Waals surface area (Å²) in [5, 5.41) is 13.7. The number of hydrogen-bond donors (Lipinski definition) is 0. The highest BCUT2D eigenvalue weighted by Gasteiger charge is 2.22. The summed E-state index contributed by atoms with van der Waals surface area (Å²) in [6.45, 7) is 0.751. The lowest BCUT2D eigenvalue weighted by atomic mass is 10.0. The first kappa shape index (κ1) is 17.8. The van der Waals surface area contributed by atoms with E-state index in [4.69, 9.17) is 0 Å². The molecular formula is C21H18N6OS. The van der Waals surface area contributed by atoms with Crippen LogP contribution in [0.1, 0.15) is 12.0 Å². The van der Waals surface area contributed by atoms with Gasteiger partial charge in [0.05, 0.1) is 11.4 Å². The molecule has 7 nitrogen and oxygen atoms in total. The van der Waals surface area contributed by atoms with Gasteiger partial charge in [-0.3, -0.25) is 9.78 Å². The molecule has 0 bridgehead atoms. The third kappa shape index (κ3) is 3.47. The van der Waals surface area contributed by atoms with Gasteiger partial charge in [0.2, 0.25) is 11.1 Å². The van der Waals surface area contributed by atoms with Crippen LogP contribution in [0, 0.1) is 0 Å². The van der Waals surface area contributed by atoms with Crippen LogP contribution in [0.5, 0.6) is 0 Å². The maximum atomic E-state index is 12.9. The molecule has 29 heavy (non-hydrogen) atoms. The Morgan fingerprint density at radius 1 is 1.03 bits per heavy atom. The molecule has 0 unspecified atom stereocenters. The second-order valence-corrected chi connectivity index (χ2v) is 7.72. The number of para-hydroxylation sites is 1. The third-order valence-corrected chi connectivity index (χ3v) is 5.85. The second kappa shape index (κ2) is 7.63. The molecule has 1 aromatic carbocycles. The van der Waals surface area contributed by atoms with Crippen molar-refractivity contribution in [1.29, 1.82) is 0 Å².